The zero-order valence-electron chi connectivity index (χ0n) is 17.2. The molecule has 0 bridgehead atoms. The minimum atomic E-state index is -0.0562. The molecule has 1 saturated heterocycles. The van der Waals surface area contributed by atoms with Crippen molar-refractivity contribution in [3.63, 3.8) is 0 Å². The van der Waals surface area contributed by atoms with Gasteiger partial charge in [-0.3, -0.25) is 24.3 Å². The van der Waals surface area contributed by atoms with Gasteiger partial charge in [-0.05, 0) is 37.1 Å². The summed E-state index contributed by atoms with van der Waals surface area (Å²) in [6, 6.07) is 9.46. The predicted molar refractivity (Wildman–Crippen MR) is 114 cm³/mol. The Balaban J connectivity index is 1.14. The van der Waals surface area contributed by atoms with Gasteiger partial charge in [0.1, 0.15) is 0 Å². The molecule has 8 heteroatoms. The molecule has 0 saturated carbocycles. The first-order chi connectivity index (χ1) is 14.7. The largest absolute Gasteiger partial charge is 0.299 e. The summed E-state index contributed by atoms with van der Waals surface area (Å²) in [4.78, 5) is 21.2. The first-order valence-corrected chi connectivity index (χ1v) is 10.7. The number of piperazine rings is 1. The van der Waals surface area contributed by atoms with Gasteiger partial charge in [0.05, 0.1) is 17.9 Å². The first-order valence-electron chi connectivity index (χ1n) is 10.7. The van der Waals surface area contributed by atoms with E-state index in [9.17, 15) is 4.79 Å². The van der Waals surface area contributed by atoms with Crippen molar-refractivity contribution in [2.45, 2.75) is 32.5 Å². The van der Waals surface area contributed by atoms with Gasteiger partial charge >= 0.3 is 0 Å². The van der Waals surface area contributed by atoms with Crippen LogP contribution in [0.5, 0.6) is 0 Å². The predicted octanol–water partition coefficient (Wildman–Crippen LogP) is 1.27. The highest BCUT2D eigenvalue weighted by atomic mass is 16.1. The molecule has 0 N–H and O–H groups in total. The van der Waals surface area contributed by atoms with Crippen molar-refractivity contribution in [1.82, 2.24) is 34.3 Å². The highest BCUT2D eigenvalue weighted by molar-refractivity contribution is 5.56. The van der Waals surface area contributed by atoms with E-state index in [4.69, 9.17) is 5.10 Å². The van der Waals surface area contributed by atoms with E-state index in [1.165, 1.54) is 17.8 Å². The molecule has 0 radical (unpaired) electrons. The van der Waals surface area contributed by atoms with Crippen molar-refractivity contribution >= 4 is 0 Å². The average Bonchev–Trinajstić information content (AvgIpc) is 3.37. The van der Waals surface area contributed by atoms with E-state index in [-0.39, 0.29) is 5.56 Å². The molecule has 8 nitrogen and oxygen atoms in total. The molecular formula is C22H27N7O. The molecule has 0 aliphatic carbocycles. The SMILES string of the molecule is O=c1ccc(-c2ccncc2)nn1CCN1CCN(Cc2cc3n(n2)CCC3)CC1. The standard InChI is InChI=1S/C22H27N7O/c30-22-4-3-21(18-5-7-23-8-6-18)25-29(22)15-14-26-10-12-27(13-11-26)17-19-16-20-2-1-9-28(20)24-19/h3-8,16H,1-2,9-15,17H2. The Kier molecular flexibility index (Phi) is 5.42. The molecule has 30 heavy (non-hydrogen) atoms. The number of pyridine rings is 1. The Bertz CT molecular complexity index is 1030. The van der Waals surface area contributed by atoms with Crippen LogP contribution < -0.4 is 5.56 Å². The number of hydrogen-bond donors (Lipinski definition) is 0. The zero-order valence-corrected chi connectivity index (χ0v) is 17.2. The fourth-order valence-electron chi connectivity index (χ4n) is 4.32. The van der Waals surface area contributed by atoms with Crippen molar-refractivity contribution in [2.75, 3.05) is 32.7 Å². The second-order valence-electron chi connectivity index (χ2n) is 8.09. The molecule has 0 atom stereocenters. The average molecular weight is 406 g/mol. The zero-order chi connectivity index (χ0) is 20.3. The molecule has 3 aromatic heterocycles. The lowest BCUT2D eigenvalue weighted by atomic mass is 10.2. The van der Waals surface area contributed by atoms with Crippen molar-refractivity contribution < 1.29 is 0 Å². The van der Waals surface area contributed by atoms with E-state index in [1.54, 1.807) is 29.2 Å². The van der Waals surface area contributed by atoms with E-state index in [2.05, 4.69) is 30.6 Å². The van der Waals surface area contributed by atoms with Crippen LogP contribution in [0.2, 0.25) is 0 Å². The van der Waals surface area contributed by atoms with Crippen LogP contribution in [0.15, 0.2) is 47.5 Å². The van der Waals surface area contributed by atoms with Crippen LogP contribution in [0, 0.1) is 0 Å². The van der Waals surface area contributed by atoms with Crippen molar-refractivity contribution in [2.24, 2.45) is 0 Å². The lowest BCUT2D eigenvalue weighted by Crippen LogP contribution is -2.47. The molecule has 5 rings (SSSR count). The smallest absolute Gasteiger partial charge is 0.266 e. The number of aromatic nitrogens is 5. The van der Waals surface area contributed by atoms with E-state index >= 15 is 0 Å². The third kappa shape index (κ3) is 4.20. The normalized spacial score (nSPS) is 17.3. The van der Waals surface area contributed by atoms with Crippen LogP contribution in [0.4, 0.5) is 0 Å². The van der Waals surface area contributed by atoms with Gasteiger partial charge < -0.3 is 0 Å². The molecule has 2 aliphatic rings. The molecule has 0 spiro atoms. The third-order valence-corrected chi connectivity index (χ3v) is 6.04. The Labute approximate surface area is 175 Å². The summed E-state index contributed by atoms with van der Waals surface area (Å²) in [7, 11) is 0. The van der Waals surface area contributed by atoms with E-state index in [1.807, 2.05) is 12.1 Å². The van der Waals surface area contributed by atoms with Crippen LogP contribution in [0.3, 0.4) is 0 Å². The summed E-state index contributed by atoms with van der Waals surface area (Å²) < 4.78 is 3.74. The fraction of sp³-hybridized carbons (Fsp3) is 0.455. The summed E-state index contributed by atoms with van der Waals surface area (Å²) >= 11 is 0. The Morgan fingerprint density at radius 2 is 1.67 bits per heavy atom. The number of aryl methyl sites for hydroxylation is 2. The summed E-state index contributed by atoms with van der Waals surface area (Å²) in [5.41, 5.74) is 4.29. The van der Waals surface area contributed by atoms with Crippen LogP contribution in [0.25, 0.3) is 11.3 Å². The molecule has 156 valence electrons. The second kappa shape index (κ2) is 8.49. The minimum Gasteiger partial charge on any atom is -0.299 e. The van der Waals surface area contributed by atoms with Gasteiger partial charge in [-0.15, -0.1) is 0 Å². The molecule has 0 unspecified atom stereocenters. The number of nitrogens with zero attached hydrogens (tertiary/aromatic N) is 7. The van der Waals surface area contributed by atoms with Crippen molar-refractivity contribution in [3.05, 3.63) is 64.5 Å². The van der Waals surface area contributed by atoms with Crippen LogP contribution in [-0.2, 0) is 26.1 Å². The molecule has 0 aromatic carbocycles. The van der Waals surface area contributed by atoms with E-state index in [0.717, 1.165) is 63.5 Å². The Morgan fingerprint density at radius 3 is 2.47 bits per heavy atom. The van der Waals surface area contributed by atoms with Crippen molar-refractivity contribution in [3.8, 4) is 11.3 Å². The molecule has 1 fully saturated rings. The van der Waals surface area contributed by atoms with Gasteiger partial charge in [-0.1, -0.05) is 0 Å². The van der Waals surface area contributed by atoms with Crippen LogP contribution in [0.1, 0.15) is 17.8 Å². The highest BCUT2D eigenvalue weighted by Gasteiger charge is 2.20. The molecule has 5 heterocycles. The quantitative estimate of drug-likeness (QED) is 0.615. The van der Waals surface area contributed by atoms with Gasteiger partial charge in [-0.25, -0.2) is 4.68 Å². The van der Waals surface area contributed by atoms with E-state index in [0.29, 0.717) is 6.54 Å². The molecule has 3 aromatic rings. The Hall–Kier alpha value is -2.84. The maximum absolute atomic E-state index is 12.2. The number of hydrogen-bond acceptors (Lipinski definition) is 6. The summed E-state index contributed by atoms with van der Waals surface area (Å²) in [6.07, 6.45) is 5.87. The first kappa shape index (κ1) is 19.1. The Morgan fingerprint density at radius 1 is 0.867 bits per heavy atom. The van der Waals surface area contributed by atoms with Crippen LogP contribution >= 0.6 is 0 Å². The van der Waals surface area contributed by atoms with E-state index < -0.39 is 0 Å². The lowest BCUT2D eigenvalue weighted by Gasteiger charge is -2.34. The van der Waals surface area contributed by atoms with Gasteiger partial charge in [0.15, 0.2) is 0 Å². The van der Waals surface area contributed by atoms with Gasteiger partial charge in [-0.2, -0.15) is 10.2 Å². The number of fused-ring (bicyclic) bond motifs is 1. The van der Waals surface area contributed by atoms with Crippen molar-refractivity contribution in [1.29, 1.82) is 0 Å². The maximum Gasteiger partial charge on any atom is 0.266 e. The molecule has 0 amide bonds. The highest BCUT2D eigenvalue weighted by Crippen LogP contribution is 2.17. The number of rotatable bonds is 6. The summed E-state index contributed by atoms with van der Waals surface area (Å²) in [5.74, 6) is 0. The minimum absolute atomic E-state index is 0.0562. The van der Waals surface area contributed by atoms with Crippen LogP contribution in [-0.4, -0.2) is 67.1 Å². The monoisotopic (exact) mass is 405 g/mol. The molecular weight excluding hydrogens is 378 g/mol. The third-order valence-electron chi connectivity index (χ3n) is 6.04. The van der Waals surface area contributed by atoms with Gasteiger partial charge in [0, 0.05) is 75.5 Å². The summed E-state index contributed by atoms with van der Waals surface area (Å²) in [6.45, 7) is 7.51. The summed E-state index contributed by atoms with van der Waals surface area (Å²) in [5, 5.41) is 9.28. The van der Waals surface area contributed by atoms with Gasteiger partial charge in [0.2, 0.25) is 0 Å². The molecule has 2 aliphatic heterocycles. The maximum atomic E-state index is 12.2. The lowest BCUT2D eigenvalue weighted by molar-refractivity contribution is 0.121. The topological polar surface area (TPSA) is 72.1 Å². The second-order valence-corrected chi connectivity index (χ2v) is 8.09. The fourth-order valence-corrected chi connectivity index (χ4v) is 4.32. The van der Waals surface area contributed by atoms with Gasteiger partial charge in [0.25, 0.3) is 5.56 Å².